The van der Waals surface area contributed by atoms with E-state index in [0.717, 1.165) is 62.1 Å². The van der Waals surface area contributed by atoms with Gasteiger partial charge >= 0.3 is 0 Å². The molecule has 2 fully saturated rings. The van der Waals surface area contributed by atoms with Gasteiger partial charge in [0.05, 0.1) is 6.54 Å². The molecule has 6 heteroatoms. The van der Waals surface area contributed by atoms with Crippen LogP contribution in [-0.4, -0.2) is 66.4 Å². The van der Waals surface area contributed by atoms with E-state index in [4.69, 9.17) is 0 Å². The van der Waals surface area contributed by atoms with Crippen molar-refractivity contribution in [2.75, 3.05) is 45.8 Å². The van der Waals surface area contributed by atoms with Crippen molar-refractivity contribution < 1.29 is 9.18 Å². The molecule has 4 nitrogen and oxygen atoms in total. The van der Waals surface area contributed by atoms with E-state index < -0.39 is 0 Å². The van der Waals surface area contributed by atoms with Crippen LogP contribution >= 0.6 is 15.9 Å². The standard InChI is InChI=1S/C17H23BrFN3O/c18-15-3-4-16(19)14(11-15)12-20-7-9-21(10-8-20)13-17(23)22-5-1-2-6-22/h3-4,11H,1-2,5-10,12-13H2. The second kappa shape index (κ2) is 7.73. The van der Waals surface area contributed by atoms with Crippen LogP contribution < -0.4 is 0 Å². The highest BCUT2D eigenvalue weighted by Crippen LogP contribution is 2.18. The largest absolute Gasteiger partial charge is 0.342 e. The normalized spacial score (nSPS) is 20.2. The van der Waals surface area contributed by atoms with Gasteiger partial charge in [-0.25, -0.2) is 4.39 Å². The van der Waals surface area contributed by atoms with Crippen molar-refractivity contribution >= 4 is 21.8 Å². The monoisotopic (exact) mass is 383 g/mol. The molecular weight excluding hydrogens is 361 g/mol. The minimum absolute atomic E-state index is 0.153. The Morgan fingerprint density at radius 2 is 1.70 bits per heavy atom. The molecule has 2 aliphatic rings. The van der Waals surface area contributed by atoms with Crippen LogP contribution in [0.15, 0.2) is 22.7 Å². The maximum absolute atomic E-state index is 13.8. The summed E-state index contributed by atoms with van der Waals surface area (Å²) >= 11 is 3.39. The van der Waals surface area contributed by atoms with E-state index in [1.165, 1.54) is 6.07 Å². The van der Waals surface area contributed by atoms with E-state index in [-0.39, 0.29) is 11.7 Å². The molecule has 3 rings (SSSR count). The molecule has 0 aliphatic carbocycles. The zero-order valence-corrected chi connectivity index (χ0v) is 14.9. The van der Waals surface area contributed by atoms with Crippen molar-refractivity contribution in [2.45, 2.75) is 19.4 Å². The van der Waals surface area contributed by atoms with E-state index in [2.05, 4.69) is 25.7 Å². The maximum Gasteiger partial charge on any atom is 0.236 e. The summed E-state index contributed by atoms with van der Waals surface area (Å²) in [6, 6.07) is 5.07. The van der Waals surface area contributed by atoms with Gasteiger partial charge in [0, 0.05) is 55.8 Å². The Labute approximate surface area is 145 Å². The van der Waals surface area contributed by atoms with Crippen LogP contribution in [0.3, 0.4) is 0 Å². The van der Waals surface area contributed by atoms with E-state index >= 15 is 0 Å². The minimum atomic E-state index is -0.153. The summed E-state index contributed by atoms with van der Waals surface area (Å²) in [6.45, 7) is 6.48. The summed E-state index contributed by atoms with van der Waals surface area (Å²) in [5.41, 5.74) is 0.723. The summed E-state index contributed by atoms with van der Waals surface area (Å²) in [5.74, 6) is 0.105. The highest BCUT2D eigenvalue weighted by Gasteiger charge is 2.23. The molecule has 0 saturated carbocycles. The summed E-state index contributed by atoms with van der Waals surface area (Å²) < 4.78 is 14.7. The van der Waals surface area contributed by atoms with Gasteiger partial charge in [-0.2, -0.15) is 0 Å². The molecule has 2 aliphatic heterocycles. The van der Waals surface area contributed by atoms with Crippen LogP contribution in [0, 0.1) is 5.82 Å². The number of rotatable bonds is 4. The zero-order valence-electron chi connectivity index (χ0n) is 13.3. The lowest BCUT2D eigenvalue weighted by Gasteiger charge is -2.35. The van der Waals surface area contributed by atoms with Crippen LogP contribution in [0.25, 0.3) is 0 Å². The number of hydrogen-bond donors (Lipinski definition) is 0. The molecule has 23 heavy (non-hydrogen) atoms. The Morgan fingerprint density at radius 1 is 1.04 bits per heavy atom. The fraction of sp³-hybridized carbons (Fsp3) is 0.588. The number of halogens is 2. The molecule has 0 atom stereocenters. The molecular formula is C17H23BrFN3O. The third-order valence-corrected chi connectivity index (χ3v) is 5.18. The molecule has 0 N–H and O–H groups in total. The zero-order chi connectivity index (χ0) is 16.2. The first-order chi connectivity index (χ1) is 11.1. The smallest absolute Gasteiger partial charge is 0.236 e. The summed E-state index contributed by atoms with van der Waals surface area (Å²) in [4.78, 5) is 18.6. The summed E-state index contributed by atoms with van der Waals surface area (Å²) in [7, 11) is 0. The van der Waals surface area contributed by atoms with Gasteiger partial charge in [-0.15, -0.1) is 0 Å². The third kappa shape index (κ3) is 4.52. The molecule has 2 saturated heterocycles. The number of carbonyl (C=O) groups excluding carboxylic acids is 1. The van der Waals surface area contributed by atoms with Crippen molar-refractivity contribution in [1.82, 2.24) is 14.7 Å². The third-order valence-electron chi connectivity index (χ3n) is 4.68. The van der Waals surface area contributed by atoms with Gasteiger partial charge < -0.3 is 4.90 Å². The number of carbonyl (C=O) groups is 1. The predicted octanol–water partition coefficient (Wildman–Crippen LogP) is 2.33. The van der Waals surface area contributed by atoms with Crippen LogP contribution in [0.4, 0.5) is 4.39 Å². The van der Waals surface area contributed by atoms with Gasteiger partial charge in [-0.1, -0.05) is 15.9 Å². The van der Waals surface area contributed by atoms with Crippen molar-refractivity contribution in [3.8, 4) is 0 Å². The van der Waals surface area contributed by atoms with Crippen LogP contribution in [-0.2, 0) is 11.3 Å². The lowest BCUT2D eigenvalue weighted by atomic mass is 10.2. The first kappa shape index (κ1) is 16.9. The number of amides is 1. The second-order valence-corrected chi connectivity index (χ2v) is 7.29. The Morgan fingerprint density at radius 3 is 2.39 bits per heavy atom. The molecule has 0 bridgehead atoms. The van der Waals surface area contributed by atoms with Crippen molar-refractivity contribution in [3.63, 3.8) is 0 Å². The molecule has 0 unspecified atom stereocenters. The van der Waals surface area contributed by atoms with Gasteiger partial charge in [0.1, 0.15) is 5.82 Å². The predicted molar refractivity (Wildman–Crippen MR) is 91.6 cm³/mol. The number of piperazine rings is 1. The van der Waals surface area contributed by atoms with Crippen molar-refractivity contribution in [3.05, 3.63) is 34.1 Å². The van der Waals surface area contributed by atoms with Gasteiger partial charge in [-0.05, 0) is 31.0 Å². The highest BCUT2D eigenvalue weighted by atomic mass is 79.9. The Balaban J connectivity index is 1.46. The molecule has 0 aromatic heterocycles. The van der Waals surface area contributed by atoms with Gasteiger partial charge in [0.25, 0.3) is 0 Å². The second-order valence-electron chi connectivity index (χ2n) is 6.38. The average molecular weight is 384 g/mol. The first-order valence-corrected chi connectivity index (χ1v) is 9.07. The average Bonchev–Trinajstić information content (AvgIpc) is 3.07. The Bertz CT molecular complexity index is 555. The molecule has 0 radical (unpaired) electrons. The minimum Gasteiger partial charge on any atom is -0.342 e. The van der Waals surface area contributed by atoms with Gasteiger partial charge in [0.15, 0.2) is 0 Å². The topological polar surface area (TPSA) is 26.8 Å². The van der Waals surface area contributed by atoms with Gasteiger partial charge in [0.2, 0.25) is 5.91 Å². The molecule has 1 amide bonds. The first-order valence-electron chi connectivity index (χ1n) is 8.28. The Hall–Kier alpha value is -0.980. The summed E-state index contributed by atoms with van der Waals surface area (Å²) in [5, 5.41) is 0. The molecule has 126 valence electrons. The molecule has 2 heterocycles. The lowest BCUT2D eigenvalue weighted by molar-refractivity contribution is -0.131. The fourth-order valence-electron chi connectivity index (χ4n) is 3.27. The van der Waals surface area contributed by atoms with E-state index in [1.54, 1.807) is 6.07 Å². The van der Waals surface area contributed by atoms with Crippen LogP contribution in [0.5, 0.6) is 0 Å². The lowest BCUT2D eigenvalue weighted by Crippen LogP contribution is -2.49. The fourth-order valence-corrected chi connectivity index (χ4v) is 3.68. The number of likely N-dealkylation sites (tertiary alicyclic amines) is 1. The van der Waals surface area contributed by atoms with Crippen LogP contribution in [0.1, 0.15) is 18.4 Å². The molecule has 1 aromatic rings. The highest BCUT2D eigenvalue weighted by molar-refractivity contribution is 9.10. The number of hydrogen-bond acceptors (Lipinski definition) is 3. The molecule has 0 spiro atoms. The van der Waals surface area contributed by atoms with E-state index in [0.29, 0.717) is 13.1 Å². The van der Waals surface area contributed by atoms with E-state index in [1.807, 2.05) is 11.0 Å². The Kier molecular flexibility index (Phi) is 5.67. The number of benzene rings is 1. The van der Waals surface area contributed by atoms with Gasteiger partial charge in [-0.3, -0.25) is 14.6 Å². The number of nitrogens with zero attached hydrogens (tertiary/aromatic N) is 3. The molecule has 1 aromatic carbocycles. The van der Waals surface area contributed by atoms with Crippen molar-refractivity contribution in [1.29, 1.82) is 0 Å². The van der Waals surface area contributed by atoms with E-state index in [9.17, 15) is 9.18 Å². The van der Waals surface area contributed by atoms with Crippen LogP contribution in [0.2, 0.25) is 0 Å². The maximum atomic E-state index is 13.8. The SMILES string of the molecule is O=C(CN1CCN(Cc2cc(Br)ccc2F)CC1)N1CCCC1. The van der Waals surface area contributed by atoms with Crippen molar-refractivity contribution in [2.24, 2.45) is 0 Å². The summed E-state index contributed by atoms with van der Waals surface area (Å²) in [6.07, 6.45) is 2.27. The quantitative estimate of drug-likeness (QED) is 0.798.